The molecule has 1 unspecified atom stereocenters. The average molecular weight is 362 g/mol. The highest BCUT2D eigenvalue weighted by Gasteiger charge is 2.54. The molecule has 1 atom stereocenters. The molecule has 3 nitrogen and oxygen atoms in total. The van der Waals surface area contributed by atoms with E-state index in [0.717, 1.165) is 11.1 Å². The van der Waals surface area contributed by atoms with Gasteiger partial charge in [0.2, 0.25) is 0 Å². The Morgan fingerprint density at radius 2 is 1.44 bits per heavy atom. The van der Waals surface area contributed by atoms with Crippen LogP contribution in [0.3, 0.4) is 0 Å². The van der Waals surface area contributed by atoms with Crippen molar-refractivity contribution in [1.29, 1.82) is 0 Å². The Labute approximate surface area is 162 Å². The van der Waals surface area contributed by atoms with E-state index in [4.69, 9.17) is 9.31 Å². The molecule has 1 aliphatic rings. The number of benzene rings is 2. The fourth-order valence-corrected chi connectivity index (χ4v) is 3.16. The Morgan fingerprint density at radius 1 is 0.926 bits per heavy atom. The summed E-state index contributed by atoms with van der Waals surface area (Å²) in [5.41, 5.74) is 1.22. The predicted molar refractivity (Wildman–Crippen MR) is 110 cm³/mol. The Morgan fingerprint density at radius 3 is 2.00 bits per heavy atom. The average Bonchev–Trinajstić information content (AvgIpc) is 2.87. The topological polar surface area (TPSA) is 35.5 Å². The summed E-state index contributed by atoms with van der Waals surface area (Å²) in [5, 5.41) is 0. The van der Waals surface area contributed by atoms with E-state index in [-0.39, 0.29) is 11.6 Å². The zero-order valence-corrected chi connectivity index (χ0v) is 16.5. The summed E-state index contributed by atoms with van der Waals surface area (Å²) in [7, 11) is -0.452. The first-order valence-corrected chi connectivity index (χ1v) is 9.45. The molecule has 2 aromatic rings. The fraction of sp³-hybridized carbons (Fsp3) is 0.348. The molecule has 27 heavy (non-hydrogen) atoms. The van der Waals surface area contributed by atoms with Crippen LogP contribution in [0.25, 0.3) is 6.08 Å². The van der Waals surface area contributed by atoms with Crippen LogP contribution in [0.5, 0.6) is 0 Å². The van der Waals surface area contributed by atoms with Gasteiger partial charge >= 0.3 is 7.12 Å². The van der Waals surface area contributed by atoms with Crippen LogP contribution in [0, 0.1) is 0 Å². The smallest absolute Gasteiger partial charge is 0.403 e. The predicted octanol–water partition coefficient (Wildman–Crippen LogP) is 5.07. The lowest BCUT2D eigenvalue weighted by molar-refractivity contribution is -0.114. The summed E-state index contributed by atoms with van der Waals surface area (Å²) < 4.78 is 12.5. The Kier molecular flexibility index (Phi) is 5.68. The normalized spacial score (nSPS) is 19.3. The molecule has 0 aliphatic carbocycles. The molecular weight excluding hydrogens is 335 g/mol. The second-order valence-corrected chi connectivity index (χ2v) is 8.06. The van der Waals surface area contributed by atoms with Gasteiger partial charge in [-0.3, -0.25) is 4.79 Å². The monoisotopic (exact) mass is 362 g/mol. The Balaban J connectivity index is 1.79. The van der Waals surface area contributed by atoms with E-state index in [1.54, 1.807) is 6.08 Å². The fourth-order valence-electron chi connectivity index (χ4n) is 3.16. The van der Waals surface area contributed by atoms with Gasteiger partial charge in [0.1, 0.15) is 0 Å². The summed E-state index contributed by atoms with van der Waals surface area (Å²) in [4.78, 5) is 12.7. The van der Waals surface area contributed by atoms with Gasteiger partial charge in [-0.2, -0.15) is 0 Å². The van der Waals surface area contributed by atoms with Gasteiger partial charge in [0, 0.05) is 12.2 Å². The van der Waals surface area contributed by atoms with Crippen molar-refractivity contribution in [3.63, 3.8) is 0 Å². The van der Waals surface area contributed by atoms with E-state index in [1.165, 1.54) is 0 Å². The summed E-state index contributed by atoms with van der Waals surface area (Å²) >= 11 is 0. The minimum absolute atomic E-state index is 0.0578. The van der Waals surface area contributed by atoms with E-state index >= 15 is 0 Å². The Bertz CT molecular complexity index is 781. The van der Waals surface area contributed by atoms with Crippen molar-refractivity contribution in [1.82, 2.24) is 0 Å². The summed E-state index contributed by atoms with van der Waals surface area (Å²) in [6, 6.07) is 19.8. The molecule has 4 heteroatoms. The minimum Gasteiger partial charge on any atom is -0.403 e. The third-order valence-electron chi connectivity index (χ3n) is 5.51. The molecule has 0 spiro atoms. The SMILES string of the molecule is CC1(C)OB(C(CC(=O)/C=C\c2ccccc2)c2ccccc2)OC1(C)C. The van der Waals surface area contributed by atoms with Gasteiger partial charge in [0.25, 0.3) is 0 Å². The third-order valence-corrected chi connectivity index (χ3v) is 5.51. The van der Waals surface area contributed by atoms with Gasteiger partial charge in [-0.25, -0.2) is 0 Å². The maximum absolute atomic E-state index is 12.7. The summed E-state index contributed by atoms with van der Waals surface area (Å²) in [6.07, 6.45) is 3.84. The lowest BCUT2D eigenvalue weighted by Gasteiger charge is -2.32. The zero-order chi connectivity index (χ0) is 19.5. The second-order valence-electron chi connectivity index (χ2n) is 8.06. The van der Waals surface area contributed by atoms with Gasteiger partial charge in [-0.05, 0) is 44.9 Å². The minimum atomic E-state index is -0.452. The molecule has 1 saturated heterocycles. The van der Waals surface area contributed by atoms with E-state index in [0.29, 0.717) is 6.42 Å². The van der Waals surface area contributed by atoms with E-state index < -0.39 is 18.3 Å². The highest BCUT2D eigenvalue weighted by atomic mass is 16.7. The van der Waals surface area contributed by atoms with Crippen molar-refractivity contribution in [2.45, 2.75) is 51.1 Å². The lowest BCUT2D eigenvalue weighted by Crippen LogP contribution is -2.41. The third kappa shape index (κ3) is 4.58. The van der Waals surface area contributed by atoms with Crippen LogP contribution in [-0.4, -0.2) is 24.1 Å². The van der Waals surface area contributed by atoms with Crippen molar-refractivity contribution in [2.75, 3.05) is 0 Å². The number of hydrogen-bond donors (Lipinski definition) is 0. The number of carbonyl (C=O) groups excluding carboxylic acids is 1. The van der Waals surface area contributed by atoms with Gasteiger partial charge in [-0.15, -0.1) is 0 Å². The van der Waals surface area contributed by atoms with Crippen LogP contribution >= 0.6 is 0 Å². The molecule has 0 saturated carbocycles. The molecule has 0 radical (unpaired) electrons. The standard InChI is InChI=1S/C23H27BO3/c1-22(2)23(3,4)27-24(26-22)21(19-13-9-6-10-14-19)17-20(25)16-15-18-11-7-5-8-12-18/h5-16,21H,17H2,1-4H3/b16-15-. The first-order valence-electron chi connectivity index (χ1n) is 9.45. The first-order chi connectivity index (χ1) is 12.8. The van der Waals surface area contributed by atoms with Gasteiger partial charge < -0.3 is 9.31 Å². The van der Waals surface area contributed by atoms with Crippen molar-refractivity contribution in [3.8, 4) is 0 Å². The summed E-state index contributed by atoms with van der Waals surface area (Å²) in [6.45, 7) is 8.14. The van der Waals surface area contributed by atoms with Crippen LogP contribution in [-0.2, 0) is 14.1 Å². The lowest BCUT2D eigenvalue weighted by atomic mass is 9.65. The molecule has 2 aromatic carbocycles. The molecule has 140 valence electrons. The number of ketones is 1. The van der Waals surface area contributed by atoms with Crippen LogP contribution < -0.4 is 0 Å². The molecule has 1 aliphatic heterocycles. The number of carbonyl (C=O) groups is 1. The highest BCUT2D eigenvalue weighted by molar-refractivity contribution is 6.48. The molecule has 0 aromatic heterocycles. The molecule has 1 heterocycles. The largest absolute Gasteiger partial charge is 0.466 e. The number of rotatable bonds is 6. The quantitative estimate of drug-likeness (QED) is 0.531. The van der Waals surface area contributed by atoms with Crippen molar-refractivity contribution in [3.05, 3.63) is 77.9 Å². The van der Waals surface area contributed by atoms with Gasteiger partial charge in [0.05, 0.1) is 11.2 Å². The Hall–Kier alpha value is -2.17. The van der Waals surface area contributed by atoms with E-state index in [2.05, 4.69) is 0 Å². The first kappa shape index (κ1) is 19.6. The molecular formula is C23H27BO3. The number of hydrogen-bond acceptors (Lipinski definition) is 3. The van der Waals surface area contributed by atoms with Crippen LogP contribution in [0.1, 0.15) is 51.1 Å². The maximum Gasteiger partial charge on any atom is 0.466 e. The van der Waals surface area contributed by atoms with Crippen molar-refractivity contribution >= 4 is 19.0 Å². The molecule has 0 bridgehead atoms. The van der Waals surface area contributed by atoms with E-state index in [1.807, 2.05) is 94.4 Å². The molecule has 1 fully saturated rings. The number of allylic oxidation sites excluding steroid dienone is 1. The van der Waals surface area contributed by atoms with Crippen LogP contribution in [0.15, 0.2) is 66.7 Å². The zero-order valence-electron chi connectivity index (χ0n) is 16.5. The molecule has 3 rings (SSSR count). The summed E-state index contributed by atoms with van der Waals surface area (Å²) in [5.74, 6) is -0.0948. The molecule has 0 amide bonds. The second kappa shape index (κ2) is 7.83. The van der Waals surface area contributed by atoms with Crippen LogP contribution in [0.4, 0.5) is 0 Å². The van der Waals surface area contributed by atoms with Gasteiger partial charge in [0.15, 0.2) is 5.78 Å². The van der Waals surface area contributed by atoms with Gasteiger partial charge in [-0.1, -0.05) is 66.7 Å². The van der Waals surface area contributed by atoms with Crippen LogP contribution in [0.2, 0.25) is 0 Å². The van der Waals surface area contributed by atoms with Crippen molar-refractivity contribution < 1.29 is 14.1 Å². The maximum atomic E-state index is 12.7. The highest BCUT2D eigenvalue weighted by Crippen LogP contribution is 2.41. The van der Waals surface area contributed by atoms with E-state index in [9.17, 15) is 4.79 Å². The molecule has 0 N–H and O–H groups in total. The van der Waals surface area contributed by atoms with Crippen molar-refractivity contribution in [2.24, 2.45) is 0 Å².